The van der Waals surface area contributed by atoms with Crippen LogP contribution in [0.3, 0.4) is 0 Å². The first kappa shape index (κ1) is 10.2. The van der Waals surface area contributed by atoms with Crippen molar-refractivity contribution >= 4 is 17.2 Å². The van der Waals surface area contributed by atoms with Crippen molar-refractivity contribution in [3.63, 3.8) is 0 Å². The highest BCUT2D eigenvalue weighted by molar-refractivity contribution is 6.22. The highest BCUT2D eigenvalue weighted by atomic mass is 16.6. The van der Waals surface area contributed by atoms with E-state index in [0.717, 1.165) is 0 Å². The molecule has 0 aromatic heterocycles. The van der Waals surface area contributed by atoms with Gasteiger partial charge in [0, 0.05) is 12.1 Å². The van der Waals surface area contributed by atoms with Gasteiger partial charge in [0.25, 0.3) is 11.6 Å². The van der Waals surface area contributed by atoms with Crippen LogP contribution < -0.4 is 0 Å². The Morgan fingerprint density at radius 2 is 1.81 bits per heavy atom. The molecule has 1 aromatic rings. The van der Waals surface area contributed by atoms with Crippen molar-refractivity contribution in [2.45, 2.75) is 6.92 Å². The zero-order valence-corrected chi connectivity index (χ0v) is 8.38. The van der Waals surface area contributed by atoms with Gasteiger partial charge < -0.3 is 0 Å². The molecule has 0 N–H and O–H groups in total. The molecule has 0 aliphatic carbocycles. The van der Waals surface area contributed by atoms with Crippen molar-refractivity contribution < 1.29 is 9.72 Å². The highest BCUT2D eigenvalue weighted by Crippen LogP contribution is 2.27. The Kier molecular flexibility index (Phi) is 2.32. The predicted molar refractivity (Wildman–Crippen MR) is 55.6 cm³/mol. The second-order valence-corrected chi connectivity index (χ2v) is 3.27. The molecule has 1 aliphatic rings. The van der Waals surface area contributed by atoms with Crippen molar-refractivity contribution in [3.05, 3.63) is 45.6 Å². The zero-order chi connectivity index (χ0) is 11.7. The van der Waals surface area contributed by atoms with Gasteiger partial charge in [0.15, 0.2) is 0 Å². The van der Waals surface area contributed by atoms with E-state index >= 15 is 0 Å². The molecule has 6 nitrogen and oxygen atoms in total. The molecule has 0 saturated carbocycles. The Morgan fingerprint density at radius 1 is 1.19 bits per heavy atom. The number of allylic oxidation sites excluding steroid dienone is 1. The zero-order valence-electron chi connectivity index (χ0n) is 8.38. The Bertz CT molecular complexity index is 529. The predicted octanol–water partition coefficient (Wildman–Crippen LogP) is 2.32. The third-order valence-corrected chi connectivity index (χ3v) is 2.23. The Balaban J connectivity index is 2.40. The summed E-state index contributed by atoms with van der Waals surface area (Å²) in [4.78, 5) is 21.3. The second kappa shape index (κ2) is 3.65. The number of hydrogen-bond acceptors (Lipinski definition) is 4. The smallest absolute Gasteiger partial charge is 0.265 e. The molecular weight excluding hydrogens is 210 g/mol. The topological polar surface area (TPSA) is 84.9 Å². The average Bonchev–Trinajstić information content (AvgIpc) is 2.59. The van der Waals surface area contributed by atoms with Crippen LogP contribution in [-0.4, -0.2) is 10.8 Å². The fourth-order valence-corrected chi connectivity index (χ4v) is 1.46. The average molecular weight is 217 g/mol. The highest BCUT2D eigenvalue weighted by Gasteiger charge is 2.20. The van der Waals surface area contributed by atoms with Gasteiger partial charge in [-0.05, 0) is 24.6 Å². The first-order valence-corrected chi connectivity index (χ1v) is 4.51. The van der Waals surface area contributed by atoms with Crippen LogP contribution in [0, 0.1) is 10.1 Å². The van der Waals surface area contributed by atoms with Gasteiger partial charge in [-0.3, -0.25) is 14.9 Å². The van der Waals surface area contributed by atoms with Crippen LogP contribution in [0.1, 0.15) is 12.5 Å². The summed E-state index contributed by atoms with van der Waals surface area (Å²) in [6.07, 6.45) is 0. The van der Waals surface area contributed by atoms with Gasteiger partial charge >= 0.3 is 0 Å². The van der Waals surface area contributed by atoms with E-state index in [1.165, 1.54) is 24.3 Å². The molecule has 2 rings (SSSR count). The van der Waals surface area contributed by atoms with Crippen molar-refractivity contribution in [2.24, 2.45) is 10.2 Å². The quantitative estimate of drug-likeness (QED) is 0.562. The number of amides is 1. The molecule has 0 spiro atoms. The minimum Gasteiger partial charge on any atom is -0.265 e. The lowest BCUT2D eigenvalue weighted by molar-refractivity contribution is -0.384. The van der Waals surface area contributed by atoms with E-state index in [4.69, 9.17) is 0 Å². The molecule has 6 heteroatoms. The summed E-state index contributed by atoms with van der Waals surface area (Å²) < 4.78 is 0. The van der Waals surface area contributed by atoms with E-state index in [9.17, 15) is 14.9 Å². The normalized spacial score (nSPS) is 14.7. The lowest BCUT2D eigenvalue weighted by atomic mass is 10.0. The summed E-state index contributed by atoms with van der Waals surface area (Å²) in [5.41, 5.74) is 1.51. The van der Waals surface area contributed by atoms with Crippen LogP contribution in [0.2, 0.25) is 0 Å². The number of hydrogen-bond donors (Lipinski definition) is 0. The summed E-state index contributed by atoms with van der Waals surface area (Å²) in [6.45, 7) is 1.67. The third kappa shape index (κ3) is 1.60. The van der Waals surface area contributed by atoms with Crippen molar-refractivity contribution in [1.29, 1.82) is 0 Å². The summed E-state index contributed by atoms with van der Waals surface area (Å²) in [5.74, 6) is -0.411. The van der Waals surface area contributed by atoms with Crippen molar-refractivity contribution in [2.75, 3.05) is 0 Å². The fraction of sp³-hybridized carbons (Fsp3) is 0.100. The van der Waals surface area contributed by atoms with E-state index in [2.05, 4.69) is 10.2 Å². The first-order valence-electron chi connectivity index (χ1n) is 4.51. The van der Waals surface area contributed by atoms with Crippen LogP contribution >= 0.6 is 0 Å². The van der Waals surface area contributed by atoms with Crippen LogP contribution in [0.4, 0.5) is 5.69 Å². The van der Waals surface area contributed by atoms with E-state index in [-0.39, 0.29) is 5.69 Å². The molecule has 80 valence electrons. The van der Waals surface area contributed by atoms with Gasteiger partial charge in [-0.2, -0.15) is 5.11 Å². The number of nitro benzene ring substituents is 1. The Morgan fingerprint density at radius 3 is 2.25 bits per heavy atom. The Hall–Kier alpha value is -2.37. The maximum absolute atomic E-state index is 11.4. The fourth-order valence-electron chi connectivity index (χ4n) is 1.46. The standard InChI is InChI=1S/C10H7N3O3/c1-6-9(10(14)12-11-6)7-2-4-8(5-3-7)13(15)16/h2-5H,1H3. The number of nitro groups is 1. The summed E-state index contributed by atoms with van der Waals surface area (Å²) in [6, 6.07) is 5.74. The Labute approximate surface area is 90.5 Å². The number of rotatable bonds is 2. The number of azo groups is 1. The third-order valence-electron chi connectivity index (χ3n) is 2.23. The van der Waals surface area contributed by atoms with Gasteiger partial charge in [-0.25, -0.2) is 0 Å². The van der Waals surface area contributed by atoms with Crippen LogP contribution in [0.5, 0.6) is 0 Å². The molecule has 1 heterocycles. The largest absolute Gasteiger partial charge is 0.297 e. The molecular formula is C10H7N3O3. The SMILES string of the molecule is CC1=C(c2ccc([N+](=O)[O-])cc2)C(=O)N=N1. The van der Waals surface area contributed by atoms with E-state index < -0.39 is 10.8 Å². The van der Waals surface area contributed by atoms with E-state index in [1.54, 1.807) is 6.92 Å². The van der Waals surface area contributed by atoms with E-state index in [0.29, 0.717) is 16.8 Å². The molecule has 1 amide bonds. The van der Waals surface area contributed by atoms with E-state index in [1.807, 2.05) is 0 Å². The van der Waals surface area contributed by atoms with Gasteiger partial charge in [0.2, 0.25) is 0 Å². The summed E-state index contributed by atoms with van der Waals surface area (Å²) in [7, 11) is 0. The summed E-state index contributed by atoms with van der Waals surface area (Å²) >= 11 is 0. The monoisotopic (exact) mass is 217 g/mol. The van der Waals surface area contributed by atoms with Gasteiger partial charge in [0.1, 0.15) is 0 Å². The molecule has 0 bridgehead atoms. The molecule has 0 radical (unpaired) electrons. The second-order valence-electron chi connectivity index (χ2n) is 3.27. The first-order chi connectivity index (χ1) is 7.59. The molecule has 1 aliphatic heterocycles. The maximum Gasteiger partial charge on any atom is 0.297 e. The van der Waals surface area contributed by atoms with Crippen molar-refractivity contribution in [3.8, 4) is 0 Å². The van der Waals surface area contributed by atoms with Gasteiger partial charge in [-0.1, -0.05) is 0 Å². The van der Waals surface area contributed by atoms with Crippen LogP contribution in [0.25, 0.3) is 5.57 Å². The van der Waals surface area contributed by atoms with Gasteiger partial charge in [0.05, 0.1) is 16.2 Å². The lowest BCUT2D eigenvalue weighted by Crippen LogP contribution is -1.96. The van der Waals surface area contributed by atoms with Crippen LogP contribution in [-0.2, 0) is 4.79 Å². The van der Waals surface area contributed by atoms with Gasteiger partial charge in [-0.15, -0.1) is 5.11 Å². The molecule has 0 atom stereocenters. The number of benzene rings is 1. The molecule has 0 fully saturated rings. The number of carbonyl (C=O) groups excluding carboxylic acids is 1. The molecule has 16 heavy (non-hydrogen) atoms. The molecule has 0 saturated heterocycles. The minimum atomic E-state index is -0.490. The maximum atomic E-state index is 11.4. The lowest BCUT2D eigenvalue weighted by Gasteiger charge is -1.99. The van der Waals surface area contributed by atoms with Crippen molar-refractivity contribution in [1.82, 2.24) is 0 Å². The molecule has 1 aromatic carbocycles. The molecule has 0 unspecified atom stereocenters. The minimum absolute atomic E-state index is 0.0127. The number of non-ortho nitro benzene ring substituents is 1. The number of carbonyl (C=O) groups is 1. The summed E-state index contributed by atoms with van der Waals surface area (Å²) in [5, 5.41) is 17.5. The number of nitrogens with zero attached hydrogens (tertiary/aromatic N) is 3. The van der Waals surface area contributed by atoms with Crippen LogP contribution in [0.15, 0.2) is 40.2 Å².